The number of carbonyl (C=O) groups excluding carboxylic acids is 1. The molecule has 2 aliphatic heterocycles. The number of likely N-dealkylation sites (tertiary alicyclic amines) is 1. The monoisotopic (exact) mass is 387 g/mol. The van der Waals surface area contributed by atoms with Gasteiger partial charge in [-0.15, -0.1) is 0 Å². The smallest absolute Gasteiger partial charge is 0.271 e. The van der Waals surface area contributed by atoms with E-state index in [1.165, 1.54) is 11.1 Å². The molecule has 2 atom stereocenters. The molecule has 1 aromatic heterocycles. The van der Waals surface area contributed by atoms with Crippen LogP contribution < -0.4 is 4.74 Å². The summed E-state index contributed by atoms with van der Waals surface area (Å²) in [7, 11) is 1.70. The molecule has 0 aliphatic carbocycles. The highest BCUT2D eigenvalue weighted by molar-refractivity contribution is 5.94. The highest BCUT2D eigenvalue weighted by Crippen LogP contribution is 2.35. The summed E-state index contributed by atoms with van der Waals surface area (Å²) >= 11 is 0. The lowest BCUT2D eigenvalue weighted by Crippen LogP contribution is -2.49. The molecule has 0 saturated carbocycles. The van der Waals surface area contributed by atoms with Gasteiger partial charge in [-0.05, 0) is 35.4 Å². The second-order valence-corrected chi connectivity index (χ2v) is 7.90. The van der Waals surface area contributed by atoms with E-state index in [9.17, 15) is 4.79 Å². The summed E-state index contributed by atoms with van der Waals surface area (Å²) in [5.41, 5.74) is 3.20. The fourth-order valence-corrected chi connectivity index (χ4v) is 4.72. The maximum atomic E-state index is 13.2. The summed E-state index contributed by atoms with van der Waals surface area (Å²) in [5.74, 6) is 1.01. The lowest BCUT2D eigenvalue weighted by molar-refractivity contribution is 0.0556. The zero-order chi connectivity index (χ0) is 19.8. The Morgan fingerprint density at radius 1 is 0.897 bits per heavy atom. The van der Waals surface area contributed by atoms with Gasteiger partial charge in [0.25, 0.3) is 5.91 Å². The molecule has 29 heavy (non-hydrogen) atoms. The summed E-state index contributed by atoms with van der Waals surface area (Å²) in [4.78, 5) is 17.8. The fourth-order valence-electron chi connectivity index (χ4n) is 4.72. The van der Waals surface area contributed by atoms with Crippen LogP contribution >= 0.6 is 0 Å². The van der Waals surface area contributed by atoms with Crippen LogP contribution in [-0.2, 0) is 13.1 Å². The average molecular weight is 387 g/mol. The molecule has 148 valence electrons. The molecule has 1 fully saturated rings. The third-order valence-corrected chi connectivity index (χ3v) is 6.09. The van der Waals surface area contributed by atoms with Gasteiger partial charge in [0.2, 0.25) is 0 Å². The van der Waals surface area contributed by atoms with Crippen molar-refractivity contribution in [3.8, 4) is 5.75 Å². The van der Waals surface area contributed by atoms with E-state index in [1.807, 2.05) is 42.5 Å². The van der Waals surface area contributed by atoms with E-state index in [0.29, 0.717) is 6.54 Å². The third-order valence-electron chi connectivity index (χ3n) is 6.09. The zero-order valence-electron chi connectivity index (χ0n) is 16.6. The van der Waals surface area contributed by atoms with E-state index in [1.54, 1.807) is 7.11 Å². The average Bonchev–Trinajstić information content (AvgIpc) is 3.39. The molecule has 0 spiro atoms. The van der Waals surface area contributed by atoms with E-state index in [0.717, 1.165) is 31.1 Å². The second kappa shape index (κ2) is 7.41. The van der Waals surface area contributed by atoms with E-state index in [-0.39, 0.29) is 18.0 Å². The van der Waals surface area contributed by atoms with Crippen molar-refractivity contribution in [2.75, 3.05) is 20.2 Å². The Morgan fingerprint density at radius 2 is 1.69 bits per heavy atom. The van der Waals surface area contributed by atoms with Crippen molar-refractivity contribution >= 4 is 5.91 Å². The molecular weight excluding hydrogens is 362 g/mol. The van der Waals surface area contributed by atoms with Crippen LogP contribution in [0, 0.1) is 0 Å². The third kappa shape index (κ3) is 3.32. The lowest BCUT2D eigenvalue weighted by Gasteiger charge is -2.38. The Kier molecular flexibility index (Phi) is 4.60. The number of hydrogen-bond acceptors (Lipinski definition) is 3. The van der Waals surface area contributed by atoms with Crippen molar-refractivity contribution in [2.45, 2.75) is 25.2 Å². The van der Waals surface area contributed by atoms with Gasteiger partial charge in [0.15, 0.2) is 0 Å². The standard InChI is InChI=1S/C24H25N3O2/c1-29-20-10-5-9-19(13-20)14-25-16-22-23(17-25)27(15-18-7-3-2-4-8-18)24(28)21-11-6-12-26(21)22/h2-13,22-23H,14-17H2,1H3/t22-,23+/m1/s1. The molecule has 0 unspecified atom stereocenters. The van der Waals surface area contributed by atoms with Gasteiger partial charge >= 0.3 is 0 Å². The van der Waals surface area contributed by atoms with Crippen LogP contribution in [0.15, 0.2) is 72.9 Å². The number of carbonyl (C=O) groups is 1. The number of aromatic nitrogens is 1. The molecule has 0 N–H and O–H groups in total. The van der Waals surface area contributed by atoms with Gasteiger partial charge in [-0.1, -0.05) is 42.5 Å². The van der Waals surface area contributed by atoms with Gasteiger partial charge in [0.05, 0.1) is 19.2 Å². The van der Waals surface area contributed by atoms with Crippen molar-refractivity contribution < 1.29 is 9.53 Å². The number of methoxy groups -OCH3 is 1. The molecule has 3 heterocycles. The van der Waals surface area contributed by atoms with Gasteiger partial charge in [0, 0.05) is 32.4 Å². The molecule has 3 aromatic rings. The van der Waals surface area contributed by atoms with Crippen LogP contribution in [-0.4, -0.2) is 46.5 Å². The molecule has 2 aromatic carbocycles. The normalized spacial score (nSPS) is 21.1. The van der Waals surface area contributed by atoms with Crippen LogP contribution in [0.1, 0.15) is 27.7 Å². The minimum atomic E-state index is 0.128. The predicted molar refractivity (Wildman–Crippen MR) is 112 cm³/mol. The van der Waals surface area contributed by atoms with Crippen LogP contribution in [0.3, 0.4) is 0 Å². The Bertz CT molecular complexity index is 1010. The number of rotatable bonds is 5. The van der Waals surface area contributed by atoms with E-state index < -0.39 is 0 Å². The molecule has 0 radical (unpaired) electrons. The zero-order valence-corrected chi connectivity index (χ0v) is 16.6. The summed E-state index contributed by atoms with van der Waals surface area (Å²) in [6.07, 6.45) is 2.06. The maximum Gasteiger partial charge on any atom is 0.271 e. The fraction of sp³-hybridized carbons (Fsp3) is 0.292. The first-order valence-corrected chi connectivity index (χ1v) is 10.1. The van der Waals surface area contributed by atoms with Crippen LogP contribution in [0.25, 0.3) is 0 Å². The summed E-state index contributed by atoms with van der Waals surface area (Å²) < 4.78 is 7.55. The highest BCUT2D eigenvalue weighted by Gasteiger charge is 2.44. The molecule has 5 nitrogen and oxygen atoms in total. The van der Waals surface area contributed by atoms with E-state index in [2.05, 4.69) is 44.8 Å². The van der Waals surface area contributed by atoms with Crippen molar-refractivity contribution in [1.82, 2.24) is 14.4 Å². The first kappa shape index (κ1) is 18.0. The quantitative estimate of drug-likeness (QED) is 0.672. The largest absolute Gasteiger partial charge is 0.497 e. The van der Waals surface area contributed by atoms with Crippen LogP contribution in [0.5, 0.6) is 5.75 Å². The second-order valence-electron chi connectivity index (χ2n) is 7.90. The topological polar surface area (TPSA) is 37.7 Å². The molecule has 0 bridgehead atoms. The number of amides is 1. The Balaban J connectivity index is 1.41. The SMILES string of the molecule is COc1cccc(CN2C[C@@H]3[C@H](C2)N(Cc2ccccc2)C(=O)c2cccn23)c1. The number of ether oxygens (including phenoxy) is 1. The van der Waals surface area contributed by atoms with Crippen molar-refractivity contribution in [1.29, 1.82) is 0 Å². The van der Waals surface area contributed by atoms with Crippen LogP contribution in [0.4, 0.5) is 0 Å². The molecule has 2 aliphatic rings. The minimum Gasteiger partial charge on any atom is -0.497 e. The maximum absolute atomic E-state index is 13.2. The van der Waals surface area contributed by atoms with E-state index >= 15 is 0 Å². The number of hydrogen-bond donors (Lipinski definition) is 0. The molecular formula is C24H25N3O2. The predicted octanol–water partition coefficient (Wildman–Crippen LogP) is 3.58. The molecule has 5 heteroatoms. The Hall–Kier alpha value is -3.05. The summed E-state index contributed by atoms with van der Waals surface area (Å²) in [6, 6.07) is 22.9. The summed E-state index contributed by atoms with van der Waals surface area (Å²) in [6.45, 7) is 3.31. The molecule has 1 amide bonds. The lowest BCUT2D eigenvalue weighted by atomic mass is 10.0. The first-order chi connectivity index (χ1) is 14.2. The van der Waals surface area contributed by atoms with Crippen LogP contribution in [0.2, 0.25) is 0 Å². The van der Waals surface area contributed by atoms with Gasteiger partial charge in [0.1, 0.15) is 11.4 Å². The van der Waals surface area contributed by atoms with Crippen molar-refractivity contribution in [2.24, 2.45) is 0 Å². The number of benzene rings is 2. The minimum absolute atomic E-state index is 0.128. The van der Waals surface area contributed by atoms with Gasteiger partial charge in [-0.3, -0.25) is 9.69 Å². The highest BCUT2D eigenvalue weighted by atomic mass is 16.5. The summed E-state index contributed by atoms with van der Waals surface area (Å²) in [5, 5.41) is 0. The van der Waals surface area contributed by atoms with Crippen molar-refractivity contribution in [3.05, 3.63) is 89.7 Å². The van der Waals surface area contributed by atoms with E-state index in [4.69, 9.17) is 4.74 Å². The van der Waals surface area contributed by atoms with Gasteiger partial charge < -0.3 is 14.2 Å². The van der Waals surface area contributed by atoms with Gasteiger partial charge in [-0.2, -0.15) is 0 Å². The Labute approximate surface area is 171 Å². The Morgan fingerprint density at radius 3 is 2.52 bits per heavy atom. The first-order valence-electron chi connectivity index (χ1n) is 10.1. The van der Waals surface area contributed by atoms with Crippen molar-refractivity contribution in [3.63, 3.8) is 0 Å². The molecule has 1 saturated heterocycles. The molecule has 5 rings (SSSR count). The number of nitrogens with zero attached hydrogens (tertiary/aromatic N) is 3. The number of fused-ring (bicyclic) bond motifs is 3. The van der Waals surface area contributed by atoms with Gasteiger partial charge in [-0.25, -0.2) is 0 Å².